The minimum absolute atomic E-state index is 0.00578. The van der Waals surface area contributed by atoms with Crippen molar-refractivity contribution in [3.8, 4) is 5.75 Å². The first-order valence-corrected chi connectivity index (χ1v) is 17.8. The number of hydrogen-bond acceptors (Lipinski definition) is 12. The number of aliphatic hydroxyl groups is 1. The molecule has 5 atom stereocenters. The van der Waals surface area contributed by atoms with E-state index >= 15 is 0 Å². The lowest BCUT2D eigenvalue weighted by Crippen LogP contribution is -2.51. The lowest BCUT2D eigenvalue weighted by Gasteiger charge is -2.31. The van der Waals surface area contributed by atoms with E-state index in [2.05, 4.69) is 10.3 Å². The van der Waals surface area contributed by atoms with E-state index in [-0.39, 0.29) is 42.8 Å². The van der Waals surface area contributed by atoms with E-state index in [1.807, 2.05) is 43.8 Å². The molecule has 2 aromatic carbocycles. The zero-order valence-electron chi connectivity index (χ0n) is 26.6. The van der Waals surface area contributed by atoms with Crippen molar-refractivity contribution in [3.05, 3.63) is 70.2 Å². The number of amides is 1. The number of nitrogens with zero attached hydrogens (tertiary/aromatic N) is 2. The summed E-state index contributed by atoms with van der Waals surface area (Å²) in [6.45, 7) is 6.60. The van der Waals surface area contributed by atoms with Crippen LogP contribution in [0.2, 0.25) is 0 Å². The first kappa shape index (κ1) is 35.0. The van der Waals surface area contributed by atoms with Crippen LogP contribution in [0.3, 0.4) is 0 Å². The Morgan fingerprint density at radius 2 is 1.87 bits per heavy atom. The highest BCUT2D eigenvalue weighted by Crippen LogP contribution is 2.33. The maximum absolute atomic E-state index is 13.7. The smallest absolute Gasteiger partial charge is 0.407 e. The predicted octanol–water partition coefficient (Wildman–Crippen LogP) is 3.94. The molecule has 4 N–H and O–H groups in total. The lowest BCUT2D eigenvalue weighted by molar-refractivity contribution is -0.0907. The number of nitrogens with one attached hydrogen (secondary N) is 2. The minimum Gasteiger partial charge on any atom is -0.487 e. The van der Waals surface area contributed by atoms with Crippen LogP contribution in [0.25, 0.3) is 0 Å². The topological polar surface area (TPSA) is 169 Å². The van der Waals surface area contributed by atoms with Crippen LogP contribution >= 0.6 is 11.3 Å². The van der Waals surface area contributed by atoms with Gasteiger partial charge in [0.2, 0.25) is 10.0 Å². The fraction of sp³-hybridized carbons (Fsp3) is 0.500. The van der Waals surface area contributed by atoms with Crippen molar-refractivity contribution in [2.75, 3.05) is 31.8 Å². The largest absolute Gasteiger partial charge is 0.487 e. The number of ether oxygens (including phenoxy) is 4. The molecule has 3 aromatic rings. The first-order valence-electron chi connectivity index (χ1n) is 15.5. The normalized spacial score (nSPS) is 20.6. The summed E-state index contributed by atoms with van der Waals surface area (Å²) in [4.78, 5) is 17.6. The SMILES string of the molecule is Cc1nc(COc2ccc(C[C@H](NC(=O)OC3CO[C@H]4OCC[C@@H]34)[C@H](O)CN(CC(C)C)S(=O)(=O)c3ccc(NO)cc3)cc2)cs1. The quantitative estimate of drug-likeness (QED) is 0.171. The highest BCUT2D eigenvalue weighted by Gasteiger charge is 2.44. The summed E-state index contributed by atoms with van der Waals surface area (Å²) in [5.41, 5.74) is 3.94. The van der Waals surface area contributed by atoms with Gasteiger partial charge in [-0.2, -0.15) is 4.31 Å². The van der Waals surface area contributed by atoms with Crippen molar-refractivity contribution in [3.63, 3.8) is 0 Å². The van der Waals surface area contributed by atoms with E-state index < -0.39 is 40.7 Å². The molecule has 2 aliphatic rings. The zero-order valence-corrected chi connectivity index (χ0v) is 28.2. The molecule has 1 amide bonds. The fourth-order valence-electron chi connectivity index (χ4n) is 5.63. The van der Waals surface area contributed by atoms with Crippen molar-refractivity contribution in [2.45, 2.75) is 69.7 Å². The number of benzene rings is 2. The van der Waals surface area contributed by atoms with E-state index in [1.165, 1.54) is 28.6 Å². The summed E-state index contributed by atoms with van der Waals surface area (Å²) >= 11 is 1.55. The molecule has 0 saturated carbocycles. The standard InChI is InChI=1S/C32H42N4O9S2/c1-20(2)15-36(47(40,41)26-10-6-23(35-39)7-11-26)16-29(37)28(34-32(38)45-30-18-44-31-27(30)12-13-42-31)14-22-4-8-25(9-5-22)43-17-24-19-46-21(3)33-24/h4-11,19-20,27-31,35,37,39H,12-18H2,1-3H3,(H,34,38)/t27-,28-,29+,30?,31+/m0/s1. The number of aryl methyl sites for hydroxylation is 1. The molecule has 0 aliphatic carbocycles. The maximum atomic E-state index is 13.7. The van der Waals surface area contributed by atoms with Gasteiger partial charge in [-0.15, -0.1) is 11.3 Å². The van der Waals surface area contributed by atoms with E-state index in [1.54, 1.807) is 23.5 Å². The zero-order chi connectivity index (χ0) is 33.6. The van der Waals surface area contributed by atoms with Crippen molar-refractivity contribution in [1.29, 1.82) is 0 Å². The molecule has 5 rings (SSSR count). The van der Waals surface area contributed by atoms with Gasteiger partial charge >= 0.3 is 6.09 Å². The van der Waals surface area contributed by atoms with E-state index in [9.17, 15) is 18.3 Å². The van der Waals surface area contributed by atoms with Gasteiger partial charge in [0.25, 0.3) is 0 Å². The number of hydrogen-bond donors (Lipinski definition) is 4. The summed E-state index contributed by atoms with van der Waals surface area (Å²) < 4.78 is 51.4. The Morgan fingerprint density at radius 3 is 2.53 bits per heavy atom. The summed E-state index contributed by atoms with van der Waals surface area (Å²) in [5, 5.41) is 26.4. The molecule has 1 aromatic heterocycles. The van der Waals surface area contributed by atoms with E-state index in [0.717, 1.165) is 16.3 Å². The number of rotatable bonds is 15. The van der Waals surface area contributed by atoms with Crippen molar-refractivity contribution < 1.29 is 42.5 Å². The molecular formula is C32H42N4O9S2. The van der Waals surface area contributed by atoms with Crippen LogP contribution in [0.5, 0.6) is 5.75 Å². The average molecular weight is 691 g/mol. The molecule has 3 heterocycles. The van der Waals surface area contributed by atoms with Crippen molar-refractivity contribution >= 4 is 33.1 Å². The van der Waals surface area contributed by atoms with E-state index in [4.69, 9.17) is 24.2 Å². The second kappa shape index (κ2) is 15.7. The van der Waals surface area contributed by atoms with Crippen LogP contribution in [-0.4, -0.2) is 85.0 Å². The van der Waals surface area contributed by atoms with Gasteiger partial charge in [0.15, 0.2) is 6.29 Å². The van der Waals surface area contributed by atoms with Crippen LogP contribution in [0.4, 0.5) is 10.5 Å². The number of fused-ring (bicyclic) bond motifs is 1. The van der Waals surface area contributed by atoms with Crippen LogP contribution in [0, 0.1) is 18.8 Å². The highest BCUT2D eigenvalue weighted by atomic mass is 32.2. The number of thiazole rings is 1. The molecule has 256 valence electrons. The number of anilines is 1. The third-order valence-electron chi connectivity index (χ3n) is 8.02. The molecule has 2 fully saturated rings. The first-order chi connectivity index (χ1) is 22.5. The Hall–Kier alpha value is -3.31. The number of aromatic nitrogens is 1. The van der Waals surface area contributed by atoms with Crippen LogP contribution in [0.15, 0.2) is 58.8 Å². The van der Waals surface area contributed by atoms with Gasteiger partial charge in [-0.1, -0.05) is 26.0 Å². The van der Waals surface area contributed by atoms with Crippen LogP contribution in [-0.2, 0) is 37.3 Å². The molecule has 0 bridgehead atoms. The second-order valence-corrected chi connectivity index (χ2v) is 15.1. The molecule has 2 saturated heterocycles. The third-order valence-corrected chi connectivity index (χ3v) is 10.7. The molecule has 2 aliphatic heterocycles. The predicted molar refractivity (Wildman–Crippen MR) is 174 cm³/mol. The van der Waals surface area contributed by atoms with Gasteiger partial charge < -0.3 is 29.4 Å². The molecule has 13 nitrogen and oxygen atoms in total. The molecule has 15 heteroatoms. The summed E-state index contributed by atoms with van der Waals surface area (Å²) in [6, 6.07) is 12.0. The minimum atomic E-state index is -4.04. The molecule has 1 unspecified atom stereocenters. The Kier molecular flexibility index (Phi) is 11.7. The van der Waals surface area contributed by atoms with Gasteiger partial charge in [0, 0.05) is 18.5 Å². The van der Waals surface area contributed by atoms with Crippen LogP contribution in [0.1, 0.15) is 36.5 Å². The monoisotopic (exact) mass is 690 g/mol. The Morgan fingerprint density at radius 1 is 1.13 bits per heavy atom. The second-order valence-electron chi connectivity index (χ2n) is 12.1. The number of carbonyl (C=O) groups is 1. The molecule has 0 radical (unpaired) electrons. The summed E-state index contributed by atoms with van der Waals surface area (Å²) in [5.74, 6) is 0.510. The van der Waals surface area contributed by atoms with Crippen LogP contribution < -0.4 is 15.5 Å². The molecule has 47 heavy (non-hydrogen) atoms. The maximum Gasteiger partial charge on any atom is 0.407 e. The number of aliphatic hydroxyl groups excluding tert-OH is 1. The van der Waals surface area contributed by atoms with E-state index in [0.29, 0.717) is 31.1 Å². The van der Waals surface area contributed by atoms with Gasteiger partial charge in [-0.25, -0.2) is 18.2 Å². The van der Waals surface area contributed by atoms with Gasteiger partial charge in [0.05, 0.1) is 52.6 Å². The van der Waals surface area contributed by atoms with Gasteiger partial charge in [0.1, 0.15) is 18.5 Å². The fourth-order valence-corrected chi connectivity index (χ4v) is 7.84. The Balaban J connectivity index is 1.31. The average Bonchev–Trinajstić information content (AvgIpc) is 3.78. The number of alkyl carbamates (subject to hydrolysis) is 1. The van der Waals surface area contributed by atoms with Crippen molar-refractivity contribution in [2.24, 2.45) is 11.8 Å². The Labute approximate surface area is 278 Å². The molecule has 0 spiro atoms. The van der Waals surface area contributed by atoms with Crippen molar-refractivity contribution in [1.82, 2.24) is 14.6 Å². The number of sulfonamides is 1. The Bertz CT molecular complexity index is 1570. The van der Waals surface area contributed by atoms with Gasteiger partial charge in [-0.3, -0.25) is 10.7 Å². The lowest BCUT2D eigenvalue weighted by atomic mass is 10.0. The van der Waals surface area contributed by atoms with Gasteiger partial charge in [-0.05, 0) is 67.6 Å². The summed E-state index contributed by atoms with van der Waals surface area (Å²) in [7, 11) is -4.04. The molecular weight excluding hydrogens is 649 g/mol. The third kappa shape index (κ3) is 9.19. The summed E-state index contributed by atoms with van der Waals surface area (Å²) in [6.07, 6.45) is -2.04. The highest BCUT2D eigenvalue weighted by molar-refractivity contribution is 7.89. The number of carbonyl (C=O) groups excluding carboxylic acids is 1.